The Morgan fingerprint density at radius 1 is 1.21 bits per heavy atom. The van der Waals surface area contributed by atoms with E-state index in [0.29, 0.717) is 12.1 Å². The van der Waals surface area contributed by atoms with Gasteiger partial charge in [-0.15, -0.1) is 11.3 Å². The zero-order chi connectivity index (χ0) is 23.2. The highest BCUT2D eigenvalue weighted by atomic mass is 32.1. The number of ether oxygens (including phenoxy) is 1. The lowest BCUT2D eigenvalue weighted by Crippen LogP contribution is -2.33. The molecular weight excluding hydrogens is 434 g/mol. The van der Waals surface area contributed by atoms with Gasteiger partial charge in [0.2, 0.25) is 0 Å². The number of fused-ring (bicyclic) bond motifs is 1. The highest BCUT2D eigenvalue weighted by Crippen LogP contribution is 2.32. The molecule has 0 spiro atoms. The number of amides is 1. The lowest BCUT2D eigenvalue weighted by Gasteiger charge is -2.23. The van der Waals surface area contributed by atoms with E-state index >= 15 is 0 Å². The molecule has 1 aliphatic rings. The van der Waals surface area contributed by atoms with Gasteiger partial charge < -0.3 is 25.2 Å². The van der Waals surface area contributed by atoms with Crippen LogP contribution in [-0.2, 0) is 0 Å². The van der Waals surface area contributed by atoms with E-state index in [4.69, 9.17) is 4.74 Å². The summed E-state index contributed by atoms with van der Waals surface area (Å²) in [6, 6.07) is 13.9. The van der Waals surface area contributed by atoms with Gasteiger partial charge >= 0.3 is 0 Å². The summed E-state index contributed by atoms with van der Waals surface area (Å²) in [5.74, 6) is 1.49. The van der Waals surface area contributed by atoms with Gasteiger partial charge in [-0.05, 0) is 44.1 Å². The fourth-order valence-corrected chi connectivity index (χ4v) is 4.75. The van der Waals surface area contributed by atoms with Gasteiger partial charge in [0.05, 0.1) is 11.3 Å². The van der Waals surface area contributed by atoms with Crippen molar-refractivity contribution in [3.8, 4) is 5.75 Å². The molecule has 4 rings (SSSR count). The largest absolute Gasteiger partial charge is 0.485 e. The average molecular weight is 466 g/mol. The lowest BCUT2D eigenvalue weighted by molar-refractivity contribution is 0.0990. The summed E-state index contributed by atoms with van der Waals surface area (Å²) in [6.45, 7) is 4.97. The molecular formula is C25H31N5O2S. The summed E-state index contributed by atoms with van der Waals surface area (Å²) in [7, 11) is 3.96. The highest BCUT2D eigenvalue weighted by molar-refractivity contribution is 7.10. The molecule has 0 aliphatic carbocycles. The number of anilines is 3. The minimum absolute atomic E-state index is 0.0342. The maximum atomic E-state index is 13.5. The van der Waals surface area contributed by atoms with Crippen LogP contribution in [0.15, 0.2) is 54.0 Å². The van der Waals surface area contributed by atoms with Gasteiger partial charge in [0, 0.05) is 62.0 Å². The van der Waals surface area contributed by atoms with Crippen LogP contribution in [-0.4, -0.2) is 51.2 Å². The molecule has 0 saturated heterocycles. The lowest BCUT2D eigenvalue weighted by atomic mass is 10.1. The zero-order valence-electron chi connectivity index (χ0n) is 19.4. The predicted molar refractivity (Wildman–Crippen MR) is 136 cm³/mol. The number of rotatable bonds is 9. The number of carbonyl (C=O) groups excluding carboxylic acids is 1. The standard InChI is InChI=1S/C25H31N5O2S/c1-4-27-24-16-21-20(17-28-24)25(31)30(13-12-29(21)3)18-7-5-8-19(15-18)32-22(10-11-26-2)23-9-6-14-33-23/h5-9,14-17,22,26H,4,10-13H2,1-3H3,(H,27,28)/t22-/m0/s1. The summed E-state index contributed by atoms with van der Waals surface area (Å²) in [6.07, 6.45) is 2.50. The first-order valence-corrected chi connectivity index (χ1v) is 12.2. The van der Waals surface area contributed by atoms with Gasteiger partial charge in [0.1, 0.15) is 17.7 Å². The number of nitrogens with zero attached hydrogens (tertiary/aromatic N) is 3. The maximum absolute atomic E-state index is 13.5. The minimum Gasteiger partial charge on any atom is -0.485 e. The molecule has 0 fully saturated rings. The van der Waals surface area contributed by atoms with E-state index < -0.39 is 0 Å². The van der Waals surface area contributed by atoms with Crippen LogP contribution in [0.4, 0.5) is 17.2 Å². The van der Waals surface area contributed by atoms with E-state index in [1.54, 1.807) is 17.5 Å². The first-order valence-electron chi connectivity index (χ1n) is 11.3. The van der Waals surface area contributed by atoms with E-state index in [1.165, 1.54) is 4.88 Å². The number of likely N-dealkylation sites (N-methyl/N-ethyl adjacent to an activating group) is 1. The zero-order valence-corrected chi connectivity index (χ0v) is 20.2. The molecule has 8 heteroatoms. The second-order valence-electron chi connectivity index (χ2n) is 8.01. The van der Waals surface area contributed by atoms with Crippen LogP contribution in [0.3, 0.4) is 0 Å². The molecule has 0 radical (unpaired) electrons. The van der Waals surface area contributed by atoms with E-state index in [-0.39, 0.29) is 12.0 Å². The predicted octanol–water partition coefficient (Wildman–Crippen LogP) is 4.40. The number of nitrogens with one attached hydrogen (secondary N) is 2. The Balaban J connectivity index is 1.59. The van der Waals surface area contributed by atoms with Crippen molar-refractivity contribution in [1.29, 1.82) is 0 Å². The number of hydrogen-bond donors (Lipinski definition) is 2. The van der Waals surface area contributed by atoms with Crippen LogP contribution in [0, 0.1) is 0 Å². The molecule has 0 bridgehead atoms. The molecule has 1 atom stereocenters. The second kappa shape index (κ2) is 10.7. The van der Waals surface area contributed by atoms with Crippen molar-refractivity contribution in [2.75, 3.05) is 55.4 Å². The Bertz CT molecular complexity index is 1070. The Labute approximate surface area is 199 Å². The first-order chi connectivity index (χ1) is 16.1. The van der Waals surface area contributed by atoms with Gasteiger partial charge in [0.25, 0.3) is 5.91 Å². The second-order valence-corrected chi connectivity index (χ2v) is 8.99. The third-order valence-corrected chi connectivity index (χ3v) is 6.67. The van der Waals surface area contributed by atoms with Crippen molar-refractivity contribution in [3.05, 3.63) is 64.5 Å². The SMILES string of the molecule is CCNc1cc2c(cn1)C(=O)N(c1cccc(O[C@@H](CCNC)c3cccs3)c1)CCN2C. The average Bonchev–Trinajstić information content (AvgIpc) is 3.33. The molecule has 0 unspecified atom stereocenters. The van der Waals surface area contributed by atoms with Crippen molar-refractivity contribution in [2.45, 2.75) is 19.4 Å². The smallest absolute Gasteiger partial charge is 0.262 e. The molecule has 7 nitrogen and oxygen atoms in total. The molecule has 1 aliphatic heterocycles. The van der Waals surface area contributed by atoms with Crippen molar-refractivity contribution in [2.24, 2.45) is 0 Å². The molecule has 0 saturated carbocycles. The van der Waals surface area contributed by atoms with Crippen molar-refractivity contribution in [1.82, 2.24) is 10.3 Å². The highest BCUT2D eigenvalue weighted by Gasteiger charge is 2.27. The topological polar surface area (TPSA) is 69.7 Å². The molecule has 33 heavy (non-hydrogen) atoms. The van der Waals surface area contributed by atoms with Gasteiger partial charge in [-0.1, -0.05) is 12.1 Å². The third kappa shape index (κ3) is 5.29. The van der Waals surface area contributed by atoms with Crippen molar-refractivity contribution in [3.63, 3.8) is 0 Å². The quantitative estimate of drug-likeness (QED) is 0.488. The van der Waals surface area contributed by atoms with Crippen LogP contribution in [0.1, 0.15) is 34.7 Å². The summed E-state index contributed by atoms with van der Waals surface area (Å²) < 4.78 is 6.39. The fraction of sp³-hybridized carbons (Fsp3) is 0.360. The molecule has 2 N–H and O–H groups in total. The number of hydrogen-bond acceptors (Lipinski definition) is 7. The number of benzene rings is 1. The molecule has 3 aromatic rings. The number of thiophene rings is 1. The number of carbonyl (C=O) groups is 1. The van der Waals surface area contributed by atoms with Crippen molar-refractivity contribution < 1.29 is 9.53 Å². The summed E-state index contributed by atoms with van der Waals surface area (Å²) in [4.78, 5) is 23.1. The van der Waals surface area contributed by atoms with E-state index in [0.717, 1.165) is 49.0 Å². The number of pyridine rings is 1. The fourth-order valence-electron chi connectivity index (χ4n) is 3.97. The van der Waals surface area contributed by atoms with Crippen molar-refractivity contribution >= 4 is 34.4 Å². The van der Waals surface area contributed by atoms with Gasteiger partial charge in [-0.25, -0.2) is 4.98 Å². The Morgan fingerprint density at radius 3 is 2.85 bits per heavy atom. The Morgan fingerprint density at radius 2 is 2.09 bits per heavy atom. The van der Waals surface area contributed by atoms with Crippen LogP contribution < -0.4 is 25.2 Å². The minimum atomic E-state index is -0.0490. The number of aromatic nitrogens is 1. The normalized spacial score (nSPS) is 14.6. The van der Waals surface area contributed by atoms with E-state index in [2.05, 4.69) is 32.0 Å². The van der Waals surface area contributed by atoms with Gasteiger partial charge in [0.15, 0.2) is 0 Å². The van der Waals surface area contributed by atoms with Gasteiger partial charge in [-0.3, -0.25) is 4.79 Å². The maximum Gasteiger partial charge on any atom is 0.262 e. The first kappa shape index (κ1) is 23.1. The van der Waals surface area contributed by atoms with E-state index in [9.17, 15) is 4.79 Å². The molecule has 2 aromatic heterocycles. The molecule has 1 amide bonds. The van der Waals surface area contributed by atoms with Gasteiger partial charge in [-0.2, -0.15) is 0 Å². The van der Waals surface area contributed by atoms with E-state index in [1.807, 2.05) is 62.3 Å². The molecule has 3 heterocycles. The van der Waals surface area contributed by atoms with Crippen LogP contribution in [0.5, 0.6) is 5.75 Å². The van der Waals surface area contributed by atoms with Crippen LogP contribution in [0.2, 0.25) is 0 Å². The van der Waals surface area contributed by atoms with Crippen LogP contribution >= 0.6 is 11.3 Å². The Kier molecular flexibility index (Phi) is 7.47. The summed E-state index contributed by atoms with van der Waals surface area (Å²) in [5, 5.41) is 8.50. The summed E-state index contributed by atoms with van der Waals surface area (Å²) >= 11 is 1.70. The third-order valence-electron chi connectivity index (χ3n) is 5.71. The molecule has 174 valence electrons. The van der Waals surface area contributed by atoms with Crippen LogP contribution in [0.25, 0.3) is 0 Å². The summed E-state index contributed by atoms with van der Waals surface area (Å²) in [5.41, 5.74) is 2.33. The molecule has 1 aromatic carbocycles. The Hall–Kier alpha value is -3.10. The monoisotopic (exact) mass is 465 g/mol.